The average Bonchev–Trinajstić information content (AvgIpc) is 2.66. The summed E-state index contributed by atoms with van der Waals surface area (Å²) in [7, 11) is 0. The molecule has 1 aromatic heterocycles. The topological polar surface area (TPSA) is 48.2 Å². The molecule has 0 aliphatic heterocycles. The molecule has 0 spiro atoms. The van der Waals surface area contributed by atoms with Gasteiger partial charge in [-0.2, -0.15) is 4.98 Å². The second-order valence-electron chi connectivity index (χ2n) is 2.87. The fraction of sp³-hybridized carbons (Fsp3) is 0.200. The monoisotopic (exact) mass is 268 g/mol. The fourth-order valence-corrected chi connectivity index (χ4v) is 1.38. The summed E-state index contributed by atoms with van der Waals surface area (Å²) < 4.78 is 10.9. The van der Waals surface area contributed by atoms with E-state index in [1.807, 2.05) is 30.3 Å². The fourth-order valence-electron chi connectivity index (χ4n) is 1.11. The molecule has 0 unspecified atom stereocenters. The van der Waals surface area contributed by atoms with Crippen LogP contribution in [0.15, 0.2) is 39.6 Å². The molecule has 0 saturated heterocycles. The zero-order valence-electron chi connectivity index (χ0n) is 7.89. The summed E-state index contributed by atoms with van der Waals surface area (Å²) in [4.78, 5) is 4.00. The van der Waals surface area contributed by atoms with Gasteiger partial charge in [0.1, 0.15) is 5.75 Å². The number of aromatic nitrogens is 2. The zero-order chi connectivity index (χ0) is 10.5. The summed E-state index contributed by atoms with van der Waals surface area (Å²) in [5.41, 5.74) is 0. The van der Waals surface area contributed by atoms with E-state index < -0.39 is 0 Å². The van der Waals surface area contributed by atoms with E-state index in [0.717, 1.165) is 5.75 Å². The van der Waals surface area contributed by atoms with Gasteiger partial charge in [-0.15, -0.1) is 0 Å². The van der Waals surface area contributed by atoms with Crippen molar-refractivity contribution in [2.75, 3.05) is 6.61 Å². The molecule has 1 aromatic carbocycles. The third kappa shape index (κ3) is 3.06. The number of hydrogen-bond acceptors (Lipinski definition) is 4. The van der Waals surface area contributed by atoms with Crippen LogP contribution in [0.1, 0.15) is 5.89 Å². The normalized spacial score (nSPS) is 10.2. The van der Waals surface area contributed by atoms with Crippen molar-refractivity contribution in [3.05, 3.63) is 41.0 Å². The van der Waals surface area contributed by atoms with Gasteiger partial charge in [-0.3, -0.25) is 0 Å². The number of ether oxygens (including phenoxy) is 1. The second kappa shape index (κ2) is 4.93. The first-order chi connectivity index (χ1) is 7.34. The van der Waals surface area contributed by atoms with Crippen LogP contribution in [0.5, 0.6) is 5.75 Å². The molecule has 2 aromatic rings. The molecule has 0 bridgehead atoms. The molecule has 1 heterocycles. The van der Waals surface area contributed by atoms with Gasteiger partial charge in [-0.25, -0.2) is 0 Å². The van der Waals surface area contributed by atoms with Gasteiger partial charge in [0.15, 0.2) is 0 Å². The van der Waals surface area contributed by atoms with Crippen molar-refractivity contribution in [3.8, 4) is 5.75 Å². The van der Waals surface area contributed by atoms with Gasteiger partial charge < -0.3 is 9.26 Å². The van der Waals surface area contributed by atoms with Crippen LogP contribution in [0.25, 0.3) is 0 Å². The molecule has 0 N–H and O–H groups in total. The minimum absolute atomic E-state index is 0.470. The lowest BCUT2D eigenvalue weighted by atomic mass is 10.3. The average molecular weight is 269 g/mol. The van der Waals surface area contributed by atoms with Crippen LogP contribution < -0.4 is 4.74 Å². The molecule has 2 rings (SSSR count). The van der Waals surface area contributed by atoms with Crippen molar-refractivity contribution in [1.82, 2.24) is 10.1 Å². The van der Waals surface area contributed by atoms with Gasteiger partial charge >= 0.3 is 0 Å². The van der Waals surface area contributed by atoms with Gasteiger partial charge in [0.25, 0.3) is 0 Å². The van der Waals surface area contributed by atoms with E-state index in [1.165, 1.54) is 0 Å². The summed E-state index contributed by atoms with van der Waals surface area (Å²) >= 11 is 3.11. The maximum atomic E-state index is 5.48. The van der Waals surface area contributed by atoms with Crippen LogP contribution in [0.2, 0.25) is 0 Å². The number of para-hydroxylation sites is 1. The third-order valence-corrected chi connectivity index (χ3v) is 2.09. The molecule has 78 valence electrons. The Morgan fingerprint density at radius 3 is 2.73 bits per heavy atom. The Morgan fingerprint density at radius 1 is 1.27 bits per heavy atom. The first-order valence-corrected chi connectivity index (χ1v) is 5.30. The van der Waals surface area contributed by atoms with Crippen LogP contribution in [-0.2, 0) is 6.42 Å². The van der Waals surface area contributed by atoms with Crippen molar-refractivity contribution in [2.24, 2.45) is 0 Å². The van der Waals surface area contributed by atoms with Crippen LogP contribution in [0.3, 0.4) is 0 Å². The minimum atomic E-state index is 0.470. The van der Waals surface area contributed by atoms with Crippen LogP contribution in [0, 0.1) is 0 Å². The lowest BCUT2D eigenvalue weighted by Gasteiger charge is -2.02. The molecule has 0 fully saturated rings. The summed E-state index contributed by atoms with van der Waals surface area (Å²) in [6.45, 7) is 0.526. The van der Waals surface area contributed by atoms with E-state index in [4.69, 9.17) is 9.26 Å². The van der Waals surface area contributed by atoms with E-state index in [2.05, 4.69) is 26.1 Å². The predicted molar refractivity (Wildman–Crippen MR) is 57.6 cm³/mol. The highest BCUT2D eigenvalue weighted by Gasteiger charge is 2.03. The van der Waals surface area contributed by atoms with Gasteiger partial charge in [0.2, 0.25) is 10.6 Å². The smallest absolute Gasteiger partial charge is 0.238 e. The first-order valence-electron chi connectivity index (χ1n) is 4.50. The Labute approximate surface area is 95.4 Å². The van der Waals surface area contributed by atoms with Crippen molar-refractivity contribution in [1.29, 1.82) is 0 Å². The molecular weight excluding hydrogens is 260 g/mol. The molecule has 0 aliphatic carbocycles. The third-order valence-electron chi connectivity index (χ3n) is 1.77. The van der Waals surface area contributed by atoms with E-state index >= 15 is 0 Å². The Morgan fingerprint density at radius 2 is 2.07 bits per heavy atom. The van der Waals surface area contributed by atoms with E-state index in [-0.39, 0.29) is 0 Å². The number of nitrogens with zero attached hydrogens (tertiary/aromatic N) is 2. The molecule has 4 nitrogen and oxygen atoms in total. The zero-order valence-corrected chi connectivity index (χ0v) is 9.48. The second-order valence-corrected chi connectivity index (χ2v) is 3.58. The molecule has 0 saturated carbocycles. The highest BCUT2D eigenvalue weighted by atomic mass is 79.9. The summed E-state index contributed by atoms with van der Waals surface area (Å²) in [5, 5.41) is 3.62. The maximum absolute atomic E-state index is 5.48. The molecule has 5 heteroatoms. The molecule has 0 amide bonds. The number of halogens is 1. The summed E-state index contributed by atoms with van der Waals surface area (Å²) in [6, 6.07) is 9.62. The standard InChI is InChI=1S/C10H9BrN2O2/c11-10-12-9(15-13-10)6-7-14-8-4-2-1-3-5-8/h1-5H,6-7H2. The maximum Gasteiger partial charge on any atom is 0.238 e. The lowest BCUT2D eigenvalue weighted by Crippen LogP contribution is -2.01. The summed E-state index contributed by atoms with van der Waals surface area (Å²) in [6.07, 6.45) is 0.605. The van der Waals surface area contributed by atoms with Crippen molar-refractivity contribution in [2.45, 2.75) is 6.42 Å². The highest BCUT2D eigenvalue weighted by Crippen LogP contribution is 2.09. The Hall–Kier alpha value is -1.36. The van der Waals surface area contributed by atoms with E-state index in [9.17, 15) is 0 Å². The van der Waals surface area contributed by atoms with E-state index in [1.54, 1.807) is 0 Å². The Kier molecular flexibility index (Phi) is 3.34. The molecule has 0 radical (unpaired) electrons. The van der Waals surface area contributed by atoms with Crippen molar-refractivity contribution in [3.63, 3.8) is 0 Å². The van der Waals surface area contributed by atoms with Gasteiger partial charge in [0, 0.05) is 0 Å². The van der Waals surface area contributed by atoms with Gasteiger partial charge in [-0.05, 0) is 33.2 Å². The van der Waals surface area contributed by atoms with Crippen LogP contribution >= 0.6 is 15.9 Å². The molecule has 15 heavy (non-hydrogen) atoms. The van der Waals surface area contributed by atoms with Crippen molar-refractivity contribution >= 4 is 15.9 Å². The molecular formula is C10H9BrN2O2. The molecule has 0 atom stereocenters. The van der Waals surface area contributed by atoms with E-state index in [0.29, 0.717) is 23.7 Å². The minimum Gasteiger partial charge on any atom is -0.493 e. The number of rotatable bonds is 4. The SMILES string of the molecule is Brc1noc(CCOc2ccccc2)n1. The summed E-state index contributed by atoms with van der Waals surface area (Å²) in [5.74, 6) is 1.41. The lowest BCUT2D eigenvalue weighted by molar-refractivity contribution is 0.292. The first kappa shape index (κ1) is 10.2. The van der Waals surface area contributed by atoms with Crippen LogP contribution in [-0.4, -0.2) is 16.7 Å². The molecule has 0 aliphatic rings. The highest BCUT2D eigenvalue weighted by molar-refractivity contribution is 9.10. The van der Waals surface area contributed by atoms with Crippen molar-refractivity contribution < 1.29 is 9.26 Å². The van der Waals surface area contributed by atoms with Gasteiger partial charge in [0.05, 0.1) is 13.0 Å². The largest absolute Gasteiger partial charge is 0.493 e. The quantitative estimate of drug-likeness (QED) is 0.855. The number of hydrogen-bond donors (Lipinski definition) is 0. The Balaban J connectivity index is 1.80. The van der Waals surface area contributed by atoms with Gasteiger partial charge in [-0.1, -0.05) is 18.2 Å². The Bertz CT molecular complexity index is 416. The van der Waals surface area contributed by atoms with Crippen LogP contribution in [0.4, 0.5) is 0 Å². The predicted octanol–water partition coefficient (Wildman–Crippen LogP) is 2.45. The number of benzene rings is 1.